The monoisotopic (exact) mass is 303 g/mol. The van der Waals surface area contributed by atoms with E-state index in [0.717, 1.165) is 16.7 Å². The smallest absolute Gasteiger partial charge is 0.116 e. The Labute approximate surface area is 123 Å². The molecular formula is C14H22FNOS2. The van der Waals surface area contributed by atoms with E-state index in [1.165, 1.54) is 14.0 Å². The van der Waals surface area contributed by atoms with Crippen LogP contribution in [-0.4, -0.2) is 23.2 Å². The van der Waals surface area contributed by atoms with Crippen molar-refractivity contribution in [2.24, 2.45) is 0 Å². The predicted octanol–water partition coefficient (Wildman–Crippen LogP) is 4.75. The molecule has 1 aromatic carbocycles. The molecule has 0 aromatic heterocycles. The van der Waals surface area contributed by atoms with E-state index in [1.54, 1.807) is 21.6 Å². The normalized spacial score (nSPS) is 10.9. The maximum absolute atomic E-state index is 12.9. The van der Waals surface area contributed by atoms with Gasteiger partial charge in [-0.05, 0) is 18.6 Å². The van der Waals surface area contributed by atoms with Crippen molar-refractivity contribution in [3.05, 3.63) is 29.8 Å². The average Bonchev–Trinajstić information content (AvgIpc) is 2.27. The molecule has 19 heavy (non-hydrogen) atoms. The van der Waals surface area contributed by atoms with Crippen molar-refractivity contribution in [1.29, 1.82) is 0 Å². The molecule has 0 N–H and O–H groups in total. The summed E-state index contributed by atoms with van der Waals surface area (Å²) in [5.41, 5.74) is 1.04. The lowest BCUT2D eigenvalue weighted by atomic mass is 10.2. The molecule has 0 aliphatic heterocycles. The quantitative estimate of drug-likeness (QED) is 0.454. The standard InChI is InChI=1S/C12H18FNS2.C2H4O/c1-12(2,3)16-15-11-8-6-5-7-10(11)9-14(4)13;1-2-3/h5-8H,9H2,1-4H3;2H,1H3. The number of benzene rings is 1. The van der Waals surface area contributed by atoms with Crippen molar-refractivity contribution in [1.82, 2.24) is 5.12 Å². The van der Waals surface area contributed by atoms with E-state index < -0.39 is 0 Å². The van der Waals surface area contributed by atoms with Crippen LogP contribution in [0.2, 0.25) is 0 Å². The third-order valence-corrected chi connectivity index (χ3v) is 5.19. The van der Waals surface area contributed by atoms with Crippen molar-refractivity contribution in [2.45, 2.75) is 43.9 Å². The Morgan fingerprint density at radius 2 is 1.84 bits per heavy atom. The number of hydrogen-bond acceptors (Lipinski definition) is 4. The van der Waals surface area contributed by atoms with Gasteiger partial charge in [0.15, 0.2) is 0 Å². The van der Waals surface area contributed by atoms with Gasteiger partial charge in [0.05, 0.1) is 6.54 Å². The molecule has 0 aliphatic carbocycles. The molecule has 0 amide bonds. The molecule has 0 spiro atoms. The molecule has 0 saturated carbocycles. The van der Waals surface area contributed by atoms with Crippen molar-refractivity contribution >= 4 is 27.9 Å². The highest BCUT2D eigenvalue weighted by Crippen LogP contribution is 2.41. The lowest BCUT2D eigenvalue weighted by Gasteiger charge is -2.18. The van der Waals surface area contributed by atoms with Gasteiger partial charge in [-0.15, -0.1) is 9.60 Å². The summed E-state index contributed by atoms with van der Waals surface area (Å²) in [4.78, 5) is 9.95. The molecule has 108 valence electrons. The first-order chi connectivity index (χ1) is 8.80. The second-order valence-electron chi connectivity index (χ2n) is 4.89. The second-order valence-corrected chi connectivity index (χ2v) is 7.88. The molecule has 0 aliphatic rings. The van der Waals surface area contributed by atoms with E-state index in [4.69, 9.17) is 4.79 Å². The van der Waals surface area contributed by atoms with Gasteiger partial charge in [0, 0.05) is 16.7 Å². The summed E-state index contributed by atoms with van der Waals surface area (Å²) in [5, 5.41) is 0.709. The van der Waals surface area contributed by atoms with Crippen molar-refractivity contribution in [3.8, 4) is 0 Å². The number of hydrogen-bond donors (Lipinski definition) is 0. The van der Waals surface area contributed by atoms with Gasteiger partial charge in [0.2, 0.25) is 0 Å². The van der Waals surface area contributed by atoms with Crippen LogP contribution in [-0.2, 0) is 11.3 Å². The van der Waals surface area contributed by atoms with E-state index in [2.05, 4.69) is 20.8 Å². The molecule has 1 rings (SSSR count). The molecule has 0 atom stereocenters. The average molecular weight is 303 g/mol. The van der Waals surface area contributed by atoms with E-state index in [0.29, 0.717) is 11.7 Å². The molecule has 0 heterocycles. The number of carbonyl (C=O) groups is 1. The molecule has 0 radical (unpaired) electrons. The van der Waals surface area contributed by atoms with Gasteiger partial charge < -0.3 is 4.79 Å². The predicted molar refractivity (Wildman–Crippen MR) is 84.0 cm³/mol. The summed E-state index contributed by atoms with van der Waals surface area (Å²) in [6.45, 7) is 8.31. The van der Waals surface area contributed by atoms with Crippen molar-refractivity contribution in [2.75, 3.05) is 7.05 Å². The van der Waals surface area contributed by atoms with E-state index >= 15 is 0 Å². The van der Waals surface area contributed by atoms with Crippen molar-refractivity contribution < 1.29 is 9.28 Å². The van der Waals surface area contributed by atoms with Gasteiger partial charge in [0.1, 0.15) is 6.29 Å². The van der Waals surface area contributed by atoms with Gasteiger partial charge >= 0.3 is 0 Å². The number of rotatable bonds is 4. The summed E-state index contributed by atoms with van der Waals surface area (Å²) in [5.74, 6) is 0. The first-order valence-corrected chi connectivity index (χ1v) is 8.15. The lowest BCUT2D eigenvalue weighted by molar-refractivity contribution is -0.106. The summed E-state index contributed by atoms with van der Waals surface area (Å²) in [6, 6.07) is 7.96. The van der Waals surface area contributed by atoms with Crippen LogP contribution in [0.1, 0.15) is 33.3 Å². The van der Waals surface area contributed by atoms with Crippen LogP contribution in [0.3, 0.4) is 0 Å². The van der Waals surface area contributed by atoms with Gasteiger partial charge in [-0.3, -0.25) is 0 Å². The van der Waals surface area contributed by atoms with E-state index in [1.807, 2.05) is 24.3 Å². The van der Waals surface area contributed by atoms with Gasteiger partial charge in [-0.2, -0.15) is 0 Å². The SMILES string of the molecule is CC=O.CN(F)Cc1ccccc1SSC(C)(C)C. The van der Waals surface area contributed by atoms with Crippen LogP contribution in [0.25, 0.3) is 0 Å². The Kier molecular flexibility index (Phi) is 9.14. The van der Waals surface area contributed by atoms with E-state index in [-0.39, 0.29) is 4.75 Å². The maximum atomic E-state index is 12.9. The topological polar surface area (TPSA) is 20.3 Å². The van der Waals surface area contributed by atoms with E-state index in [9.17, 15) is 4.48 Å². The number of aldehydes is 1. The van der Waals surface area contributed by atoms with Crippen LogP contribution in [0, 0.1) is 0 Å². The fraction of sp³-hybridized carbons (Fsp3) is 0.500. The molecule has 1 aromatic rings. The number of nitrogens with zero attached hydrogens (tertiary/aromatic N) is 1. The minimum absolute atomic E-state index is 0.208. The Bertz CT molecular complexity index is 378. The Balaban J connectivity index is 0.000000982. The van der Waals surface area contributed by atoms with Crippen LogP contribution in [0.4, 0.5) is 4.48 Å². The first-order valence-electron chi connectivity index (χ1n) is 6.00. The van der Waals surface area contributed by atoms with Gasteiger partial charge in [-0.1, -0.05) is 60.6 Å². The zero-order valence-electron chi connectivity index (χ0n) is 12.1. The largest absolute Gasteiger partial charge is 0.304 e. The highest BCUT2D eigenvalue weighted by atomic mass is 33.1. The molecule has 0 fully saturated rings. The Hall–Kier alpha value is -0.520. The zero-order valence-corrected chi connectivity index (χ0v) is 13.8. The lowest BCUT2D eigenvalue weighted by Crippen LogP contribution is -2.07. The van der Waals surface area contributed by atoms with Crippen LogP contribution >= 0.6 is 21.6 Å². The Morgan fingerprint density at radius 3 is 2.32 bits per heavy atom. The maximum Gasteiger partial charge on any atom is 0.116 e. The van der Waals surface area contributed by atoms with Crippen molar-refractivity contribution in [3.63, 3.8) is 0 Å². The fourth-order valence-electron chi connectivity index (χ4n) is 1.12. The summed E-state index contributed by atoms with van der Waals surface area (Å²) < 4.78 is 13.1. The highest BCUT2D eigenvalue weighted by molar-refractivity contribution is 8.77. The minimum atomic E-state index is 0.208. The molecular weight excluding hydrogens is 281 g/mol. The fourth-order valence-corrected chi connectivity index (χ4v) is 3.34. The molecule has 0 saturated heterocycles. The summed E-state index contributed by atoms with van der Waals surface area (Å²) >= 11 is 0. The Morgan fingerprint density at radius 1 is 1.32 bits per heavy atom. The molecule has 2 nitrogen and oxygen atoms in total. The van der Waals surface area contributed by atoms with Crippen LogP contribution in [0.5, 0.6) is 0 Å². The zero-order chi connectivity index (χ0) is 14.9. The first kappa shape index (κ1) is 18.5. The number of carbonyl (C=O) groups excluding carboxylic acids is 1. The van der Waals surface area contributed by atoms with Gasteiger partial charge in [-0.25, -0.2) is 0 Å². The van der Waals surface area contributed by atoms with Crippen LogP contribution in [0.15, 0.2) is 29.2 Å². The molecule has 0 bridgehead atoms. The minimum Gasteiger partial charge on any atom is -0.304 e. The second kappa shape index (κ2) is 9.39. The third kappa shape index (κ3) is 9.99. The third-order valence-electron chi connectivity index (χ3n) is 1.74. The van der Waals surface area contributed by atoms with Crippen LogP contribution < -0.4 is 0 Å². The summed E-state index contributed by atoms with van der Waals surface area (Å²) in [6.07, 6.45) is 0.750. The summed E-state index contributed by atoms with van der Waals surface area (Å²) in [7, 11) is 4.97. The number of halogens is 1. The highest BCUT2D eigenvalue weighted by Gasteiger charge is 2.13. The molecule has 5 heteroatoms. The molecule has 0 unspecified atom stereocenters. The van der Waals surface area contributed by atoms with Gasteiger partial charge in [0.25, 0.3) is 0 Å².